The topological polar surface area (TPSA) is 58.6 Å². The molecule has 1 heterocycles. The molecular weight excluding hydrogens is 218 g/mol. The summed E-state index contributed by atoms with van der Waals surface area (Å²) in [7, 11) is 0. The van der Waals surface area contributed by atoms with E-state index in [-0.39, 0.29) is 23.8 Å². The second-order valence-corrected chi connectivity index (χ2v) is 5.50. The molecule has 1 saturated heterocycles. The highest BCUT2D eigenvalue weighted by Gasteiger charge is 2.33. The molecule has 1 amide bonds. The van der Waals surface area contributed by atoms with E-state index in [0.717, 1.165) is 19.3 Å². The van der Waals surface area contributed by atoms with Crippen molar-refractivity contribution in [1.82, 2.24) is 5.32 Å². The van der Waals surface area contributed by atoms with Gasteiger partial charge in [-0.05, 0) is 19.3 Å². The molecule has 1 saturated carbocycles. The van der Waals surface area contributed by atoms with Crippen molar-refractivity contribution < 1.29 is 14.6 Å². The van der Waals surface area contributed by atoms with Crippen LogP contribution in [0.3, 0.4) is 0 Å². The van der Waals surface area contributed by atoms with Gasteiger partial charge in [-0.3, -0.25) is 4.79 Å². The Morgan fingerprint density at radius 2 is 2.12 bits per heavy atom. The fraction of sp³-hybridized carbons (Fsp3) is 0.923. The van der Waals surface area contributed by atoms with Crippen molar-refractivity contribution in [2.45, 2.75) is 38.5 Å². The van der Waals surface area contributed by atoms with Crippen LogP contribution in [0.15, 0.2) is 0 Å². The minimum atomic E-state index is -0.0621. The maximum Gasteiger partial charge on any atom is 0.225 e. The molecule has 4 heteroatoms. The van der Waals surface area contributed by atoms with Crippen LogP contribution in [0.5, 0.6) is 0 Å². The Labute approximate surface area is 103 Å². The van der Waals surface area contributed by atoms with Crippen LogP contribution in [0.2, 0.25) is 0 Å². The second-order valence-electron chi connectivity index (χ2n) is 5.50. The van der Waals surface area contributed by atoms with Crippen LogP contribution < -0.4 is 5.32 Å². The highest BCUT2D eigenvalue weighted by atomic mass is 16.5. The maximum absolute atomic E-state index is 11.9. The number of hydrogen-bond donors (Lipinski definition) is 2. The van der Waals surface area contributed by atoms with Crippen molar-refractivity contribution in [1.29, 1.82) is 0 Å². The van der Waals surface area contributed by atoms with Gasteiger partial charge >= 0.3 is 0 Å². The molecule has 0 aromatic rings. The minimum absolute atomic E-state index is 0.0225. The number of carbonyl (C=O) groups is 1. The first-order valence-electron chi connectivity index (χ1n) is 6.72. The van der Waals surface area contributed by atoms with Crippen molar-refractivity contribution in [3.8, 4) is 0 Å². The molecule has 0 radical (unpaired) electrons. The van der Waals surface area contributed by atoms with Gasteiger partial charge in [-0.25, -0.2) is 0 Å². The number of amides is 1. The van der Waals surface area contributed by atoms with E-state index in [0.29, 0.717) is 19.8 Å². The van der Waals surface area contributed by atoms with Gasteiger partial charge in [0.2, 0.25) is 5.91 Å². The molecule has 2 N–H and O–H groups in total. The van der Waals surface area contributed by atoms with Gasteiger partial charge in [0.05, 0.1) is 19.1 Å². The number of aliphatic hydroxyl groups is 1. The average Bonchev–Trinajstić information content (AvgIpc) is 2.91. The van der Waals surface area contributed by atoms with Gasteiger partial charge in [0, 0.05) is 18.6 Å². The van der Waals surface area contributed by atoms with E-state index in [4.69, 9.17) is 4.74 Å². The van der Waals surface area contributed by atoms with Crippen molar-refractivity contribution in [2.24, 2.45) is 11.3 Å². The monoisotopic (exact) mass is 241 g/mol. The Morgan fingerprint density at radius 1 is 1.35 bits per heavy atom. The van der Waals surface area contributed by atoms with E-state index in [1.807, 2.05) is 0 Å². The molecule has 4 nitrogen and oxygen atoms in total. The molecule has 0 bridgehead atoms. The van der Waals surface area contributed by atoms with Crippen LogP contribution in [-0.4, -0.2) is 37.4 Å². The summed E-state index contributed by atoms with van der Waals surface area (Å²) in [5, 5.41) is 12.6. The average molecular weight is 241 g/mol. The number of hydrogen-bond acceptors (Lipinski definition) is 3. The number of aliphatic hydroxyl groups excluding tert-OH is 1. The van der Waals surface area contributed by atoms with Crippen LogP contribution in [0.4, 0.5) is 0 Å². The van der Waals surface area contributed by atoms with Crippen molar-refractivity contribution in [2.75, 3.05) is 26.4 Å². The smallest absolute Gasteiger partial charge is 0.225 e. The van der Waals surface area contributed by atoms with Gasteiger partial charge in [0.25, 0.3) is 0 Å². The zero-order chi connectivity index (χ0) is 12.1. The zero-order valence-corrected chi connectivity index (χ0v) is 10.4. The summed E-state index contributed by atoms with van der Waals surface area (Å²) >= 11 is 0. The summed E-state index contributed by atoms with van der Waals surface area (Å²) in [5.74, 6) is 0.121. The van der Waals surface area contributed by atoms with E-state index >= 15 is 0 Å². The molecule has 0 aromatic carbocycles. The van der Waals surface area contributed by atoms with E-state index in [2.05, 4.69) is 5.32 Å². The van der Waals surface area contributed by atoms with Crippen molar-refractivity contribution >= 4 is 5.91 Å². The van der Waals surface area contributed by atoms with Crippen LogP contribution in [0.25, 0.3) is 0 Å². The summed E-state index contributed by atoms with van der Waals surface area (Å²) in [5.41, 5.74) is -0.0621. The Bertz CT molecular complexity index is 255. The lowest BCUT2D eigenvalue weighted by molar-refractivity contribution is -0.125. The normalized spacial score (nSPS) is 27.9. The fourth-order valence-electron chi connectivity index (χ4n) is 2.85. The molecule has 2 fully saturated rings. The summed E-state index contributed by atoms with van der Waals surface area (Å²) in [6, 6.07) is 0. The first-order chi connectivity index (χ1) is 8.26. The van der Waals surface area contributed by atoms with Crippen LogP contribution in [-0.2, 0) is 9.53 Å². The molecule has 17 heavy (non-hydrogen) atoms. The highest BCUT2D eigenvalue weighted by Crippen LogP contribution is 2.35. The van der Waals surface area contributed by atoms with Crippen molar-refractivity contribution in [3.63, 3.8) is 0 Å². The van der Waals surface area contributed by atoms with E-state index < -0.39 is 0 Å². The van der Waals surface area contributed by atoms with Gasteiger partial charge in [-0.15, -0.1) is 0 Å². The lowest BCUT2D eigenvalue weighted by atomic mass is 9.74. The lowest BCUT2D eigenvalue weighted by Gasteiger charge is -2.35. The summed E-state index contributed by atoms with van der Waals surface area (Å²) in [4.78, 5) is 11.9. The Morgan fingerprint density at radius 3 is 2.71 bits per heavy atom. The molecule has 1 atom stereocenters. The molecule has 0 spiro atoms. The number of nitrogens with one attached hydrogen (secondary N) is 1. The van der Waals surface area contributed by atoms with Crippen molar-refractivity contribution in [3.05, 3.63) is 0 Å². The zero-order valence-electron chi connectivity index (χ0n) is 10.4. The molecular formula is C13H23NO3. The SMILES string of the molecule is O=C(NCC1(CO)CCCCC1)C1CCOC1. The Kier molecular flexibility index (Phi) is 4.40. The van der Waals surface area contributed by atoms with Gasteiger partial charge in [-0.2, -0.15) is 0 Å². The molecule has 1 aliphatic heterocycles. The number of ether oxygens (including phenoxy) is 1. The lowest BCUT2D eigenvalue weighted by Crippen LogP contribution is -2.43. The summed E-state index contributed by atoms with van der Waals surface area (Å²) in [6.45, 7) is 2.06. The largest absolute Gasteiger partial charge is 0.396 e. The second kappa shape index (κ2) is 5.83. The molecule has 1 unspecified atom stereocenters. The summed E-state index contributed by atoms with van der Waals surface area (Å²) < 4.78 is 5.21. The number of rotatable bonds is 4. The van der Waals surface area contributed by atoms with Crippen LogP contribution >= 0.6 is 0 Å². The standard InChI is InChI=1S/C13H23NO3/c15-10-13(5-2-1-3-6-13)9-14-12(16)11-4-7-17-8-11/h11,15H,1-10H2,(H,14,16). The Balaban J connectivity index is 1.80. The van der Waals surface area contributed by atoms with Gasteiger partial charge < -0.3 is 15.2 Å². The maximum atomic E-state index is 11.9. The predicted molar refractivity (Wildman–Crippen MR) is 64.5 cm³/mol. The van der Waals surface area contributed by atoms with Gasteiger partial charge in [0.1, 0.15) is 0 Å². The molecule has 0 aromatic heterocycles. The van der Waals surface area contributed by atoms with E-state index in [9.17, 15) is 9.90 Å². The van der Waals surface area contributed by atoms with Gasteiger partial charge in [0.15, 0.2) is 0 Å². The molecule has 1 aliphatic carbocycles. The first kappa shape index (κ1) is 12.8. The Hall–Kier alpha value is -0.610. The molecule has 2 aliphatic rings. The quantitative estimate of drug-likeness (QED) is 0.774. The van der Waals surface area contributed by atoms with Crippen LogP contribution in [0, 0.1) is 11.3 Å². The highest BCUT2D eigenvalue weighted by molar-refractivity contribution is 5.79. The number of carbonyl (C=O) groups excluding carboxylic acids is 1. The minimum Gasteiger partial charge on any atom is -0.396 e. The molecule has 98 valence electrons. The van der Waals surface area contributed by atoms with Crippen LogP contribution in [0.1, 0.15) is 38.5 Å². The third-order valence-corrected chi connectivity index (χ3v) is 4.19. The van der Waals surface area contributed by atoms with E-state index in [1.54, 1.807) is 0 Å². The third kappa shape index (κ3) is 3.19. The summed E-state index contributed by atoms with van der Waals surface area (Å²) in [6.07, 6.45) is 6.49. The van der Waals surface area contributed by atoms with Gasteiger partial charge in [-0.1, -0.05) is 19.3 Å². The fourth-order valence-corrected chi connectivity index (χ4v) is 2.85. The molecule has 2 rings (SSSR count). The van der Waals surface area contributed by atoms with E-state index in [1.165, 1.54) is 19.3 Å². The third-order valence-electron chi connectivity index (χ3n) is 4.19. The predicted octanol–water partition coefficient (Wildman–Crippen LogP) is 1.08. The first-order valence-corrected chi connectivity index (χ1v) is 6.72.